The van der Waals surface area contributed by atoms with E-state index >= 15 is 0 Å². The van der Waals surface area contributed by atoms with Crippen LogP contribution in [-0.2, 0) is 21.4 Å². The maximum absolute atomic E-state index is 13.8. The van der Waals surface area contributed by atoms with Gasteiger partial charge in [0.1, 0.15) is 6.61 Å². The largest absolute Gasteiger partial charge is 0.414 e. The number of amides is 1. The lowest BCUT2D eigenvalue weighted by molar-refractivity contribution is -0.200. The smallest absolute Gasteiger partial charge is 0.380 e. The summed E-state index contributed by atoms with van der Waals surface area (Å²) in [6.45, 7) is 3.93. The first-order chi connectivity index (χ1) is 14.2. The van der Waals surface area contributed by atoms with Gasteiger partial charge in [-0.3, -0.25) is 9.78 Å². The minimum absolute atomic E-state index is 0.0787. The predicted molar refractivity (Wildman–Crippen MR) is 106 cm³/mol. The highest BCUT2D eigenvalue weighted by molar-refractivity contribution is 5.78. The quantitative estimate of drug-likeness (QED) is 0.818. The van der Waals surface area contributed by atoms with E-state index in [1.54, 1.807) is 6.07 Å². The number of halogens is 3. The fourth-order valence-electron chi connectivity index (χ4n) is 4.38. The Hall–Kier alpha value is -2.61. The molecule has 2 aliphatic rings. The molecule has 1 aliphatic carbocycles. The van der Waals surface area contributed by atoms with Gasteiger partial charge in [0.15, 0.2) is 6.04 Å². The van der Waals surface area contributed by atoms with Crippen LogP contribution in [0.15, 0.2) is 42.6 Å². The average molecular weight is 419 g/mol. The van der Waals surface area contributed by atoms with Crippen molar-refractivity contribution < 1.29 is 22.7 Å². The van der Waals surface area contributed by atoms with E-state index in [4.69, 9.17) is 4.74 Å². The van der Waals surface area contributed by atoms with Crippen molar-refractivity contribution in [3.8, 4) is 0 Å². The number of morpholine rings is 1. The highest BCUT2D eigenvalue weighted by atomic mass is 19.4. The van der Waals surface area contributed by atoms with Gasteiger partial charge in [-0.15, -0.1) is 0 Å². The minimum atomic E-state index is -4.62. The second-order valence-electron chi connectivity index (χ2n) is 8.34. The molecule has 2 heterocycles. The van der Waals surface area contributed by atoms with E-state index in [0.717, 1.165) is 11.3 Å². The number of hydrogen-bond acceptors (Lipinski definition) is 4. The second kappa shape index (κ2) is 7.58. The molecule has 8 heteroatoms. The van der Waals surface area contributed by atoms with Crippen molar-refractivity contribution in [2.24, 2.45) is 0 Å². The average Bonchev–Trinajstić information content (AvgIpc) is 2.94. The van der Waals surface area contributed by atoms with Crippen LogP contribution in [0.3, 0.4) is 0 Å². The van der Waals surface area contributed by atoms with Crippen molar-refractivity contribution >= 4 is 11.6 Å². The second-order valence-corrected chi connectivity index (χ2v) is 8.34. The molecule has 2 unspecified atom stereocenters. The number of pyridine rings is 1. The van der Waals surface area contributed by atoms with Gasteiger partial charge in [0, 0.05) is 18.0 Å². The lowest BCUT2D eigenvalue weighted by atomic mass is 9.83. The van der Waals surface area contributed by atoms with Crippen LogP contribution in [0.1, 0.15) is 36.7 Å². The number of nitrogens with one attached hydrogen (secondary N) is 1. The molecular weight excluding hydrogens is 395 g/mol. The molecule has 2 aromatic rings. The number of benzene rings is 1. The maximum atomic E-state index is 13.8. The van der Waals surface area contributed by atoms with Gasteiger partial charge in [0.05, 0.1) is 24.2 Å². The fourth-order valence-corrected chi connectivity index (χ4v) is 4.38. The van der Waals surface area contributed by atoms with Gasteiger partial charge in [0.25, 0.3) is 0 Å². The third kappa shape index (κ3) is 3.76. The monoisotopic (exact) mass is 419 g/mol. The molecule has 5 nitrogen and oxygen atoms in total. The van der Waals surface area contributed by atoms with Crippen LogP contribution in [0.5, 0.6) is 0 Å². The lowest BCUT2D eigenvalue weighted by Crippen LogP contribution is -2.48. The first kappa shape index (κ1) is 20.7. The summed E-state index contributed by atoms with van der Waals surface area (Å²) in [5.41, 5.74) is 2.88. The Labute approximate surface area is 173 Å². The molecule has 0 spiro atoms. The van der Waals surface area contributed by atoms with Crippen molar-refractivity contribution in [1.29, 1.82) is 0 Å². The van der Waals surface area contributed by atoms with Crippen LogP contribution in [0, 0.1) is 0 Å². The Kier molecular flexibility index (Phi) is 5.22. The molecule has 1 fully saturated rings. The number of fused-ring (bicyclic) bond motifs is 1. The zero-order chi connectivity index (χ0) is 21.5. The SMILES string of the molecule is CC1(C)c2ccccc2CC1Nc1ccc(C(N2CCOCC2=O)C(F)(F)F)nc1. The molecule has 1 amide bonds. The summed E-state index contributed by atoms with van der Waals surface area (Å²) >= 11 is 0. The summed E-state index contributed by atoms with van der Waals surface area (Å²) in [7, 11) is 0. The molecule has 4 rings (SSSR count). The number of alkyl halides is 3. The Morgan fingerprint density at radius 1 is 1.23 bits per heavy atom. The lowest BCUT2D eigenvalue weighted by Gasteiger charge is -2.35. The number of aromatic nitrogens is 1. The molecule has 1 N–H and O–H groups in total. The topological polar surface area (TPSA) is 54.5 Å². The highest BCUT2D eigenvalue weighted by Gasteiger charge is 2.48. The Morgan fingerprint density at radius 2 is 2.00 bits per heavy atom. The molecule has 1 aromatic carbocycles. The number of rotatable bonds is 4. The van der Waals surface area contributed by atoms with Crippen molar-refractivity contribution in [3.63, 3.8) is 0 Å². The summed E-state index contributed by atoms with van der Waals surface area (Å²) in [5, 5.41) is 3.43. The third-order valence-electron chi connectivity index (χ3n) is 6.06. The van der Waals surface area contributed by atoms with Crippen LogP contribution < -0.4 is 5.32 Å². The maximum Gasteiger partial charge on any atom is 0.414 e. The highest BCUT2D eigenvalue weighted by Crippen LogP contribution is 2.41. The Balaban J connectivity index is 1.54. The zero-order valence-corrected chi connectivity index (χ0v) is 16.9. The molecule has 30 heavy (non-hydrogen) atoms. The molecule has 160 valence electrons. The van der Waals surface area contributed by atoms with Crippen molar-refractivity contribution in [3.05, 3.63) is 59.4 Å². The van der Waals surface area contributed by atoms with Crippen LogP contribution >= 0.6 is 0 Å². The molecule has 0 radical (unpaired) electrons. The number of hydrogen-bond donors (Lipinski definition) is 1. The Bertz CT molecular complexity index is 928. The van der Waals surface area contributed by atoms with Crippen molar-refractivity contribution in [1.82, 2.24) is 9.88 Å². The van der Waals surface area contributed by atoms with Crippen LogP contribution in [0.4, 0.5) is 18.9 Å². The van der Waals surface area contributed by atoms with Gasteiger partial charge >= 0.3 is 6.18 Å². The van der Waals surface area contributed by atoms with E-state index in [-0.39, 0.29) is 36.9 Å². The standard InChI is InChI=1S/C22H24F3N3O2/c1-21(2)16-6-4-3-5-14(16)11-18(21)27-15-7-8-17(26-12-15)20(22(23,24)25)28-9-10-30-13-19(28)29/h3-8,12,18,20,27H,9-11,13H2,1-2H3. The molecule has 1 aliphatic heterocycles. The van der Waals surface area contributed by atoms with E-state index < -0.39 is 18.1 Å². The summed E-state index contributed by atoms with van der Waals surface area (Å²) in [6.07, 6.45) is -2.37. The summed E-state index contributed by atoms with van der Waals surface area (Å²) in [6, 6.07) is 9.22. The number of carbonyl (C=O) groups is 1. The number of ether oxygens (including phenoxy) is 1. The first-order valence-corrected chi connectivity index (χ1v) is 9.93. The molecular formula is C22H24F3N3O2. The van der Waals surface area contributed by atoms with Crippen LogP contribution in [0.2, 0.25) is 0 Å². The summed E-state index contributed by atoms with van der Waals surface area (Å²) in [4.78, 5) is 16.9. The molecule has 0 saturated carbocycles. The van der Waals surface area contributed by atoms with Gasteiger partial charge in [-0.2, -0.15) is 13.2 Å². The first-order valence-electron chi connectivity index (χ1n) is 9.93. The fraction of sp³-hybridized carbons (Fsp3) is 0.455. The van der Waals surface area contributed by atoms with Crippen LogP contribution in [-0.4, -0.2) is 47.8 Å². The molecule has 2 atom stereocenters. The van der Waals surface area contributed by atoms with Crippen LogP contribution in [0.25, 0.3) is 0 Å². The molecule has 1 saturated heterocycles. The zero-order valence-electron chi connectivity index (χ0n) is 16.9. The van der Waals surface area contributed by atoms with E-state index in [0.29, 0.717) is 5.69 Å². The normalized spacial score (nSPS) is 22.0. The summed E-state index contributed by atoms with van der Waals surface area (Å²) < 4.78 is 46.2. The van der Waals surface area contributed by atoms with Crippen molar-refractivity contribution in [2.75, 3.05) is 25.1 Å². The molecule has 1 aromatic heterocycles. The van der Waals surface area contributed by atoms with Gasteiger partial charge < -0.3 is 15.0 Å². The number of carbonyl (C=O) groups excluding carboxylic acids is 1. The summed E-state index contributed by atoms with van der Waals surface area (Å²) in [5.74, 6) is -0.682. The van der Waals surface area contributed by atoms with Gasteiger partial charge in [0.2, 0.25) is 5.91 Å². The van der Waals surface area contributed by atoms with E-state index in [1.807, 2.05) is 12.1 Å². The Morgan fingerprint density at radius 3 is 2.63 bits per heavy atom. The van der Waals surface area contributed by atoms with Gasteiger partial charge in [-0.1, -0.05) is 38.1 Å². The predicted octanol–water partition coefficient (Wildman–Crippen LogP) is 3.86. The van der Waals surface area contributed by atoms with E-state index in [1.165, 1.54) is 23.4 Å². The van der Waals surface area contributed by atoms with Crippen molar-refractivity contribution in [2.45, 2.75) is 43.9 Å². The van der Waals surface area contributed by atoms with Gasteiger partial charge in [-0.05, 0) is 29.7 Å². The van der Waals surface area contributed by atoms with E-state index in [2.05, 4.69) is 36.3 Å². The number of anilines is 1. The minimum Gasteiger partial charge on any atom is -0.380 e. The van der Waals surface area contributed by atoms with E-state index in [9.17, 15) is 18.0 Å². The number of nitrogens with zero attached hydrogens (tertiary/aromatic N) is 2. The van der Waals surface area contributed by atoms with Gasteiger partial charge in [-0.25, -0.2) is 0 Å². The third-order valence-corrected chi connectivity index (χ3v) is 6.06. The molecule has 0 bridgehead atoms.